The highest BCUT2D eigenvalue weighted by molar-refractivity contribution is 6.12. The molecule has 0 aliphatic rings. The molecule has 0 fully saturated rings. The van der Waals surface area contributed by atoms with Crippen LogP contribution in [0, 0.1) is 11.3 Å². The van der Waals surface area contributed by atoms with Crippen molar-refractivity contribution in [1.82, 2.24) is 0 Å². The minimum Gasteiger partial charge on any atom is -0.282 e. The molecule has 3 aromatic rings. The first-order valence-electron chi connectivity index (χ1n) is 8.53. The summed E-state index contributed by atoms with van der Waals surface area (Å²) in [5.74, 6) is 0.545. The molecule has 0 aliphatic heterocycles. The van der Waals surface area contributed by atoms with E-state index in [4.69, 9.17) is 5.41 Å². The highest BCUT2D eigenvalue weighted by Gasteiger charge is 2.11. The third kappa shape index (κ3) is 4.10. The lowest BCUT2D eigenvalue weighted by Crippen LogP contribution is -2.12. The number of aliphatic imine (C=N–C) groups is 1. The van der Waals surface area contributed by atoms with Gasteiger partial charge in [0, 0.05) is 5.56 Å². The summed E-state index contributed by atoms with van der Waals surface area (Å²) in [5, 5.41) is 8.29. The topological polar surface area (TPSA) is 36.2 Å². The molecule has 3 aromatic carbocycles. The molecular formula is C23H22N2. The molecule has 0 radical (unpaired) electrons. The van der Waals surface area contributed by atoms with Crippen molar-refractivity contribution >= 4 is 11.5 Å². The maximum Gasteiger partial charge on any atom is 0.152 e. The quantitative estimate of drug-likeness (QED) is 0.463. The third-order valence-electron chi connectivity index (χ3n) is 4.11. The number of hydrogen-bond acceptors (Lipinski definition) is 1. The Hall–Kier alpha value is -3.00. The van der Waals surface area contributed by atoms with Crippen LogP contribution in [0.3, 0.4) is 0 Å². The molecular weight excluding hydrogens is 304 g/mol. The minimum absolute atomic E-state index is 0.242. The zero-order valence-electron chi connectivity index (χ0n) is 14.6. The van der Waals surface area contributed by atoms with E-state index in [-0.39, 0.29) is 5.92 Å². The normalized spacial score (nSPS) is 11.6. The lowest BCUT2D eigenvalue weighted by atomic mass is 9.97. The molecule has 2 heteroatoms. The lowest BCUT2D eigenvalue weighted by molar-refractivity contribution is 0.886. The van der Waals surface area contributed by atoms with Crippen molar-refractivity contribution in [2.24, 2.45) is 10.9 Å². The first kappa shape index (κ1) is 16.8. The molecule has 0 heterocycles. The molecule has 0 unspecified atom stereocenters. The monoisotopic (exact) mass is 326 g/mol. The molecule has 0 atom stereocenters. The lowest BCUT2D eigenvalue weighted by Gasteiger charge is -2.12. The highest BCUT2D eigenvalue weighted by atomic mass is 14.8. The summed E-state index contributed by atoms with van der Waals surface area (Å²) in [5.41, 5.74) is 5.23. The van der Waals surface area contributed by atoms with Crippen LogP contribution in [-0.4, -0.2) is 11.5 Å². The third-order valence-corrected chi connectivity index (χ3v) is 4.11. The summed E-state index contributed by atoms with van der Waals surface area (Å²) in [6.07, 6.45) is 0. The second kappa shape index (κ2) is 7.71. The number of nitrogens with one attached hydrogen (secondary N) is 1. The molecule has 0 aromatic heterocycles. The standard InChI is InChI=1S/C23H22N2/c1-17(2)22(25-23(24)21-11-7-4-8-12-21)20-15-13-19(14-16-20)18-9-5-3-6-10-18/h3-17,24H,1-2H3/b24-23?,25-22+. The second-order valence-corrected chi connectivity index (χ2v) is 6.31. The molecule has 0 amide bonds. The van der Waals surface area contributed by atoms with Gasteiger partial charge < -0.3 is 0 Å². The smallest absolute Gasteiger partial charge is 0.152 e. The first-order chi connectivity index (χ1) is 12.1. The zero-order valence-corrected chi connectivity index (χ0v) is 14.6. The van der Waals surface area contributed by atoms with Gasteiger partial charge in [0.15, 0.2) is 5.84 Å². The molecule has 0 saturated heterocycles. The second-order valence-electron chi connectivity index (χ2n) is 6.31. The van der Waals surface area contributed by atoms with Crippen LogP contribution in [0.5, 0.6) is 0 Å². The first-order valence-corrected chi connectivity index (χ1v) is 8.53. The van der Waals surface area contributed by atoms with Crippen LogP contribution in [0.25, 0.3) is 11.1 Å². The van der Waals surface area contributed by atoms with Crippen LogP contribution in [0.15, 0.2) is 89.9 Å². The fraction of sp³-hybridized carbons (Fsp3) is 0.130. The van der Waals surface area contributed by atoms with Gasteiger partial charge in [0.05, 0.1) is 5.71 Å². The van der Waals surface area contributed by atoms with Crippen molar-refractivity contribution < 1.29 is 0 Å². The van der Waals surface area contributed by atoms with Crippen molar-refractivity contribution in [2.75, 3.05) is 0 Å². The van der Waals surface area contributed by atoms with E-state index in [1.54, 1.807) is 0 Å². The number of rotatable bonds is 4. The summed E-state index contributed by atoms with van der Waals surface area (Å²) in [4.78, 5) is 4.62. The van der Waals surface area contributed by atoms with E-state index in [0.29, 0.717) is 5.84 Å². The predicted molar refractivity (Wildman–Crippen MR) is 107 cm³/mol. The summed E-state index contributed by atoms with van der Waals surface area (Å²) in [7, 11) is 0. The van der Waals surface area contributed by atoms with E-state index >= 15 is 0 Å². The van der Waals surface area contributed by atoms with Gasteiger partial charge in [-0.3, -0.25) is 5.41 Å². The van der Waals surface area contributed by atoms with Crippen molar-refractivity contribution in [1.29, 1.82) is 5.41 Å². The molecule has 0 saturated carbocycles. The Kier molecular flexibility index (Phi) is 5.20. The Morgan fingerprint density at radius 2 is 1.20 bits per heavy atom. The van der Waals surface area contributed by atoms with Gasteiger partial charge >= 0.3 is 0 Å². The number of amidine groups is 1. The molecule has 124 valence electrons. The molecule has 3 rings (SSSR count). The fourth-order valence-electron chi connectivity index (χ4n) is 2.77. The summed E-state index contributed by atoms with van der Waals surface area (Å²) < 4.78 is 0. The van der Waals surface area contributed by atoms with Gasteiger partial charge in [-0.25, -0.2) is 4.99 Å². The average Bonchev–Trinajstić information content (AvgIpc) is 2.67. The predicted octanol–water partition coefficient (Wildman–Crippen LogP) is 5.82. The van der Waals surface area contributed by atoms with Crippen LogP contribution in [0.4, 0.5) is 0 Å². The Bertz CT molecular complexity index is 861. The van der Waals surface area contributed by atoms with Gasteiger partial charge in [0.1, 0.15) is 0 Å². The summed E-state index contributed by atoms with van der Waals surface area (Å²) in [6, 6.07) is 28.4. The molecule has 0 spiro atoms. The number of nitrogens with zero attached hydrogens (tertiary/aromatic N) is 1. The Morgan fingerprint density at radius 3 is 1.76 bits per heavy atom. The molecule has 1 N–H and O–H groups in total. The van der Waals surface area contributed by atoms with Crippen LogP contribution >= 0.6 is 0 Å². The SMILES string of the molecule is CC(C)/C(=N\C(=N)c1ccccc1)c1ccc(-c2ccccc2)cc1. The largest absolute Gasteiger partial charge is 0.282 e. The minimum atomic E-state index is 0.242. The van der Waals surface area contributed by atoms with Gasteiger partial charge in [-0.2, -0.15) is 0 Å². The van der Waals surface area contributed by atoms with Gasteiger partial charge in [0.25, 0.3) is 0 Å². The maximum atomic E-state index is 8.29. The average molecular weight is 326 g/mol. The molecule has 25 heavy (non-hydrogen) atoms. The Balaban J connectivity index is 1.91. The van der Waals surface area contributed by atoms with Crippen LogP contribution in [0.2, 0.25) is 0 Å². The molecule has 2 nitrogen and oxygen atoms in total. The van der Waals surface area contributed by atoms with Crippen LogP contribution in [-0.2, 0) is 0 Å². The van der Waals surface area contributed by atoms with E-state index in [1.165, 1.54) is 11.1 Å². The van der Waals surface area contributed by atoms with Crippen LogP contribution in [0.1, 0.15) is 25.0 Å². The van der Waals surface area contributed by atoms with Gasteiger partial charge in [-0.15, -0.1) is 0 Å². The highest BCUT2D eigenvalue weighted by Crippen LogP contribution is 2.21. The van der Waals surface area contributed by atoms with Crippen molar-refractivity contribution in [3.05, 3.63) is 96.1 Å². The van der Waals surface area contributed by atoms with Gasteiger partial charge in [0.2, 0.25) is 0 Å². The van der Waals surface area contributed by atoms with Gasteiger partial charge in [-0.1, -0.05) is 98.8 Å². The summed E-state index contributed by atoms with van der Waals surface area (Å²) in [6.45, 7) is 4.23. The van der Waals surface area contributed by atoms with E-state index in [1.807, 2.05) is 48.5 Å². The fourth-order valence-corrected chi connectivity index (χ4v) is 2.77. The van der Waals surface area contributed by atoms with Crippen LogP contribution < -0.4 is 0 Å². The van der Waals surface area contributed by atoms with E-state index < -0.39 is 0 Å². The number of benzene rings is 3. The van der Waals surface area contributed by atoms with Crippen molar-refractivity contribution in [3.63, 3.8) is 0 Å². The molecule has 0 aliphatic carbocycles. The molecule has 0 bridgehead atoms. The number of hydrogen-bond donors (Lipinski definition) is 1. The van der Waals surface area contributed by atoms with Crippen molar-refractivity contribution in [2.45, 2.75) is 13.8 Å². The van der Waals surface area contributed by atoms with E-state index in [0.717, 1.165) is 16.8 Å². The maximum absolute atomic E-state index is 8.29. The Labute approximate surface area is 149 Å². The summed E-state index contributed by atoms with van der Waals surface area (Å²) >= 11 is 0. The zero-order chi connectivity index (χ0) is 17.6. The van der Waals surface area contributed by atoms with E-state index in [9.17, 15) is 0 Å². The van der Waals surface area contributed by atoms with E-state index in [2.05, 4.69) is 55.2 Å². The Morgan fingerprint density at radius 1 is 0.680 bits per heavy atom. The van der Waals surface area contributed by atoms with Gasteiger partial charge in [-0.05, 0) is 22.6 Å². The van der Waals surface area contributed by atoms with Crippen molar-refractivity contribution in [3.8, 4) is 11.1 Å².